The molecule has 0 heterocycles. The van der Waals surface area contributed by atoms with Crippen molar-refractivity contribution in [2.45, 2.75) is 26.3 Å². The molecule has 100 valence electrons. The van der Waals surface area contributed by atoms with E-state index in [1.54, 1.807) is 12.1 Å². The molecule has 0 aromatic heterocycles. The standard InChI is InChI=1S/C16H18BrNO/c1-3-12-10-14(17)6-9-16(12)18-11(2)13-4-7-15(19)8-5-13/h4-11,18-19H,3H2,1-2H3. The Morgan fingerprint density at radius 1 is 1.16 bits per heavy atom. The SMILES string of the molecule is CCc1cc(Br)ccc1NC(C)c1ccc(O)cc1. The molecule has 1 atom stereocenters. The summed E-state index contributed by atoms with van der Waals surface area (Å²) in [4.78, 5) is 0. The van der Waals surface area contributed by atoms with E-state index in [1.165, 1.54) is 5.56 Å². The molecule has 0 bridgehead atoms. The van der Waals surface area contributed by atoms with Gasteiger partial charge in [0.2, 0.25) is 0 Å². The van der Waals surface area contributed by atoms with E-state index in [0.29, 0.717) is 5.75 Å². The Bertz CT molecular complexity index is 551. The summed E-state index contributed by atoms with van der Waals surface area (Å²) in [5.41, 5.74) is 3.61. The van der Waals surface area contributed by atoms with Gasteiger partial charge in [-0.05, 0) is 54.8 Å². The van der Waals surface area contributed by atoms with Crippen molar-refractivity contribution in [2.24, 2.45) is 0 Å². The van der Waals surface area contributed by atoms with Crippen LogP contribution in [0.4, 0.5) is 5.69 Å². The molecule has 0 saturated heterocycles. The summed E-state index contributed by atoms with van der Waals surface area (Å²) in [6.07, 6.45) is 0.990. The minimum Gasteiger partial charge on any atom is -0.508 e. The van der Waals surface area contributed by atoms with Gasteiger partial charge in [0.1, 0.15) is 5.75 Å². The largest absolute Gasteiger partial charge is 0.508 e. The highest BCUT2D eigenvalue weighted by Gasteiger charge is 2.08. The highest BCUT2D eigenvalue weighted by molar-refractivity contribution is 9.10. The third kappa shape index (κ3) is 3.51. The molecule has 0 aliphatic heterocycles. The van der Waals surface area contributed by atoms with E-state index in [2.05, 4.69) is 47.2 Å². The summed E-state index contributed by atoms with van der Waals surface area (Å²) in [5, 5.41) is 12.8. The molecule has 1 unspecified atom stereocenters. The third-order valence-corrected chi connectivity index (χ3v) is 3.71. The van der Waals surface area contributed by atoms with Gasteiger partial charge in [0.05, 0.1) is 0 Å². The molecule has 2 N–H and O–H groups in total. The molecule has 0 radical (unpaired) electrons. The summed E-state index contributed by atoms with van der Waals surface area (Å²) in [7, 11) is 0. The molecule has 0 fully saturated rings. The van der Waals surface area contributed by atoms with Crippen molar-refractivity contribution in [2.75, 3.05) is 5.32 Å². The van der Waals surface area contributed by atoms with Crippen molar-refractivity contribution in [1.82, 2.24) is 0 Å². The van der Waals surface area contributed by atoms with Crippen molar-refractivity contribution in [1.29, 1.82) is 0 Å². The number of phenolic OH excluding ortho intramolecular Hbond substituents is 1. The first-order chi connectivity index (χ1) is 9.10. The smallest absolute Gasteiger partial charge is 0.115 e. The maximum Gasteiger partial charge on any atom is 0.115 e. The molecule has 0 amide bonds. The fraction of sp³-hybridized carbons (Fsp3) is 0.250. The first kappa shape index (κ1) is 13.9. The Morgan fingerprint density at radius 3 is 2.47 bits per heavy atom. The Hall–Kier alpha value is -1.48. The number of benzene rings is 2. The quantitative estimate of drug-likeness (QED) is 0.840. The van der Waals surface area contributed by atoms with Crippen LogP contribution in [0.5, 0.6) is 5.75 Å². The van der Waals surface area contributed by atoms with Gasteiger partial charge in [-0.1, -0.05) is 35.0 Å². The number of halogens is 1. The van der Waals surface area contributed by atoms with E-state index >= 15 is 0 Å². The summed E-state index contributed by atoms with van der Waals surface area (Å²) in [6.45, 7) is 4.27. The third-order valence-electron chi connectivity index (χ3n) is 3.21. The number of anilines is 1. The van der Waals surface area contributed by atoms with Crippen LogP contribution >= 0.6 is 15.9 Å². The zero-order valence-corrected chi connectivity index (χ0v) is 12.7. The van der Waals surface area contributed by atoms with Crippen molar-refractivity contribution in [3.8, 4) is 5.75 Å². The summed E-state index contributed by atoms with van der Waals surface area (Å²) >= 11 is 3.50. The lowest BCUT2D eigenvalue weighted by molar-refractivity contribution is 0.475. The van der Waals surface area contributed by atoms with Crippen LogP contribution in [0.1, 0.15) is 31.0 Å². The number of rotatable bonds is 4. The normalized spacial score (nSPS) is 12.2. The highest BCUT2D eigenvalue weighted by atomic mass is 79.9. The molecule has 0 spiro atoms. The lowest BCUT2D eigenvalue weighted by Crippen LogP contribution is -2.08. The van der Waals surface area contributed by atoms with Crippen LogP contribution in [0.15, 0.2) is 46.9 Å². The van der Waals surface area contributed by atoms with Crippen molar-refractivity contribution >= 4 is 21.6 Å². The van der Waals surface area contributed by atoms with Gasteiger partial charge in [-0.15, -0.1) is 0 Å². The molecule has 2 aromatic carbocycles. The van der Waals surface area contributed by atoms with Crippen LogP contribution in [-0.2, 0) is 6.42 Å². The zero-order valence-electron chi connectivity index (χ0n) is 11.2. The lowest BCUT2D eigenvalue weighted by Gasteiger charge is -2.18. The van der Waals surface area contributed by atoms with E-state index in [9.17, 15) is 5.11 Å². The first-order valence-corrected chi connectivity index (χ1v) is 7.23. The number of aromatic hydroxyl groups is 1. The Labute approximate surface area is 122 Å². The molecule has 0 aliphatic carbocycles. The predicted molar refractivity (Wildman–Crippen MR) is 83.7 cm³/mol. The van der Waals surface area contributed by atoms with E-state index in [4.69, 9.17) is 0 Å². The van der Waals surface area contributed by atoms with Crippen LogP contribution in [0.2, 0.25) is 0 Å². The van der Waals surface area contributed by atoms with Crippen molar-refractivity contribution < 1.29 is 5.11 Å². The summed E-state index contributed by atoms with van der Waals surface area (Å²) < 4.78 is 1.10. The maximum atomic E-state index is 9.32. The molecule has 19 heavy (non-hydrogen) atoms. The minimum absolute atomic E-state index is 0.201. The molecule has 3 heteroatoms. The highest BCUT2D eigenvalue weighted by Crippen LogP contribution is 2.26. The number of hydrogen-bond acceptors (Lipinski definition) is 2. The minimum atomic E-state index is 0.201. The first-order valence-electron chi connectivity index (χ1n) is 6.44. The fourth-order valence-corrected chi connectivity index (χ4v) is 2.48. The van der Waals surface area contributed by atoms with Gasteiger partial charge in [-0.2, -0.15) is 0 Å². The summed E-state index contributed by atoms with van der Waals surface area (Å²) in [5.74, 6) is 0.300. The molecule has 2 rings (SSSR count). The number of phenols is 1. The Balaban J connectivity index is 2.18. The van der Waals surface area contributed by atoms with Gasteiger partial charge in [0.25, 0.3) is 0 Å². The fourth-order valence-electron chi connectivity index (χ4n) is 2.08. The molecular formula is C16H18BrNO. The van der Waals surface area contributed by atoms with Crippen LogP contribution in [0.25, 0.3) is 0 Å². The molecule has 2 nitrogen and oxygen atoms in total. The molecule has 0 saturated carbocycles. The van der Waals surface area contributed by atoms with Gasteiger partial charge in [0.15, 0.2) is 0 Å². The van der Waals surface area contributed by atoms with Gasteiger partial charge in [-0.25, -0.2) is 0 Å². The van der Waals surface area contributed by atoms with E-state index in [1.807, 2.05) is 18.2 Å². The average Bonchev–Trinajstić information content (AvgIpc) is 2.41. The van der Waals surface area contributed by atoms with E-state index in [-0.39, 0.29) is 6.04 Å². The van der Waals surface area contributed by atoms with Crippen molar-refractivity contribution in [3.05, 3.63) is 58.1 Å². The summed E-state index contributed by atoms with van der Waals surface area (Å²) in [6, 6.07) is 13.8. The molecular weight excluding hydrogens is 302 g/mol. The van der Waals surface area contributed by atoms with Gasteiger partial charge in [-0.3, -0.25) is 0 Å². The molecule has 2 aromatic rings. The van der Waals surface area contributed by atoms with Crippen LogP contribution in [-0.4, -0.2) is 5.11 Å². The topological polar surface area (TPSA) is 32.3 Å². The van der Waals surface area contributed by atoms with Crippen LogP contribution in [0, 0.1) is 0 Å². The van der Waals surface area contributed by atoms with Gasteiger partial charge >= 0.3 is 0 Å². The Morgan fingerprint density at radius 2 is 1.84 bits per heavy atom. The van der Waals surface area contributed by atoms with Gasteiger partial charge in [0, 0.05) is 16.2 Å². The maximum absolute atomic E-state index is 9.32. The van der Waals surface area contributed by atoms with Crippen LogP contribution in [0.3, 0.4) is 0 Å². The van der Waals surface area contributed by atoms with Crippen LogP contribution < -0.4 is 5.32 Å². The average molecular weight is 320 g/mol. The predicted octanol–water partition coefficient (Wildman–Crippen LogP) is 4.89. The number of hydrogen-bond donors (Lipinski definition) is 2. The van der Waals surface area contributed by atoms with Crippen molar-refractivity contribution in [3.63, 3.8) is 0 Å². The second-order valence-corrected chi connectivity index (χ2v) is 5.53. The van der Waals surface area contributed by atoms with E-state index < -0.39 is 0 Å². The second kappa shape index (κ2) is 6.11. The van der Waals surface area contributed by atoms with E-state index in [0.717, 1.165) is 22.1 Å². The zero-order chi connectivity index (χ0) is 13.8. The molecule has 0 aliphatic rings. The Kier molecular flexibility index (Phi) is 4.48. The number of nitrogens with one attached hydrogen (secondary N) is 1. The number of aryl methyl sites for hydroxylation is 1. The monoisotopic (exact) mass is 319 g/mol. The second-order valence-electron chi connectivity index (χ2n) is 4.61. The lowest BCUT2D eigenvalue weighted by atomic mass is 10.1. The van der Waals surface area contributed by atoms with Gasteiger partial charge < -0.3 is 10.4 Å².